The molecule has 1 aromatic rings. The van der Waals surface area contributed by atoms with E-state index in [-0.39, 0.29) is 10.9 Å². The Bertz CT molecular complexity index is 426. The molecule has 0 spiro atoms. The minimum Gasteiger partial charge on any atom is -0.392 e. The lowest BCUT2D eigenvalue weighted by Crippen LogP contribution is -2.45. The van der Waals surface area contributed by atoms with Crippen LogP contribution in [0.5, 0.6) is 0 Å². The molecule has 0 atom stereocenters. The number of aryl methyl sites for hydroxylation is 1. The maximum absolute atomic E-state index is 12.2. The van der Waals surface area contributed by atoms with Gasteiger partial charge in [0, 0.05) is 11.5 Å². The normalized spacial score (nSPS) is 11.2. The quantitative estimate of drug-likeness (QED) is 0.800. The van der Waals surface area contributed by atoms with E-state index in [9.17, 15) is 4.79 Å². The third kappa shape index (κ3) is 2.78. The number of hydrogen-bond acceptors (Lipinski definition) is 5. The first-order chi connectivity index (χ1) is 7.96. The molecule has 7 heteroatoms. The first kappa shape index (κ1) is 14.0. The maximum Gasteiger partial charge on any atom is 0.239 e. The molecular weight excluding hydrogens is 256 g/mol. The van der Waals surface area contributed by atoms with Gasteiger partial charge in [-0.25, -0.2) is 4.98 Å². The Morgan fingerprint density at radius 1 is 1.53 bits per heavy atom. The van der Waals surface area contributed by atoms with E-state index in [1.54, 1.807) is 6.92 Å². The molecule has 0 aromatic carbocycles. The monoisotopic (exact) mass is 272 g/mol. The molecule has 5 nitrogen and oxygen atoms in total. The van der Waals surface area contributed by atoms with Gasteiger partial charge in [-0.3, -0.25) is 10.1 Å². The van der Waals surface area contributed by atoms with Gasteiger partial charge in [0.05, 0.1) is 10.4 Å². The molecule has 1 aromatic heterocycles. The second kappa shape index (κ2) is 5.50. The minimum absolute atomic E-state index is 0.203. The summed E-state index contributed by atoms with van der Waals surface area (Å²) in [5.74, 6) is 0.436. The first-order valence-electron chi connectivity index (χ1n) is 5.38. The predicted octanol–water partition coefficient (Wildman–Crippen LogP) is 1.88. The fourth-order valence-electron chi connectivity index (χ4n) is 1.60. The van der Waals surface area contributed by atoms with Crippen LogP contribution in [0, 0.1) is 12.3 Å². The standard InChI is InChI=1S/C10H16N4OS2/c1-4-10(5-2,7(11)16)8(15)13-9-12-6(3)14-17-9/h4-5H2,1-3H3,(H2,11,16)(H,12,13,14,15). The Kier molecular flexibility index (Phi) is 4.53. The van der Waals surface area contributed by atoms with Crippen LogP contribution in [0.4, 0.5) is 5.13 Å². The number of nitrogens with zero attached hydrogens (tertiary/aromatic N) is 2. The van der Waals surface area contributed by atoms with Crippen molar-refractivity contribution in [2.75, 3.05) is 5.32 Å². The Morgan fingerprint density at radius 2 is 2.12 bits per heavy atom. The number of anilines is 1. The molecule has 1 heterocycles. The Labute approximate surface area is 110 Å². The van der Waals surface area contributed by atoms with E-state index in [0.717, 1.165) is 11.5 Å². The van der Waals surface area contributed by atoms with Crippen molar-refractivity contribution in [3.63, 3.8) is 0 Å². The lowest BCUT2D eigenvalue weighted by atomic mass is 9.81. The van der Waals surface area contributed by atoms with Crippen LogP contribution in [-0.2, 0) is 4.79 Å². The SMILES string of the molecule is CCC(CC)(C(=O)Nc1nc(C)ns1)C(N)=S. The molecule has 1 rings (SSSR count). The Morgan fingerprint density at radius 3 is 2.47 bits per heavy atom. The van der Waals surface area contributed by atoms with E-state index in [4.69, 9.17) is 18.0 Å². The molecule has 0 saturated heterocycles. The lowest BCUT2D eigenvalue weighted by Gasteiger charge is -2.28. The van der Waals surface area contributed by atoms with E-state index in [1.807, 2.05) is 13.8 Å². The van der Waals surface area contributed by atoms with Gasteiger partial charge in [0.15, 0.2) is 0 Å². The molecule has 0 aliphatic heterocycles. The van der Waals surface area contributed by atoms with E-state index < -0.39 is 5.41 Å². The highest BCUT2D eigenvalue weighted by atomic mass is 32.1. The third-order valence-electron chi connectivity index (χ3n) is 2.86. The molecule has 0 saturated carbocycles. The molecule has 3 N–H and O–H groups in total. The fourth-order valence-corrected chi connectivity index (χ4v) is 2.55. The Balaban J connectivity index is 2.90. The third-order valence-corrected chi connectivity index (χ3v) is 3.97. The average molecular weight is 272 g/mol. The maximum atomic E-state index is 12.2. The lowest BCUT2D eigenvalue weighted by molar-refractivity contribution is -0.122. The van der Waals surface area contributed by atoms with E-state index >= 15 is 0 Å². The predicted molar refractivity (Wildman–Crippen MR) is 73.1 cm³/mol. The minimum atomic E-state index is -0.797. The number of aromatic nitrogens is 2. The molecule has 1 amide bonds. The number of rotatable bonds is 5. The zero-order valence-electron chi connectivity index (χ0n) is 10.1. The van der Waals surface area contributed by atoms with Gasteiger partial charge < -0.3 is 5.73 Å². The number of nitrogens with one attached hydrogen (secondary N) is 1. The van der Waals surface area contributed by atoms with Crippen LogP contribution in [0.15, 0.2) is 0 Å². The van der Waals surface area contributed by atoms with E-state index in [2.05, 4.69) is 14.7 Å². The number of amides is 1. The van der Waals surface area contributed by atoms with Crippen molar-refractivity contribution in [2.24, 2.45) is 11.1 Å². The zero-order chi connectivity index (χ0) is 13.1. The first-order valence-corrected chi connectivity index (χ1v) is 6.56. The van der Waals surface area contributed by atoms with Crippen LogP contribution in [0.2, 0.25) is 0 Å². The second-order valence-electron chi connectivity index (χ2n) is 3.75. The van der Waals surface area contributed by atoms with Crippen LogP contribution >= 0.6 is 23.8 Å². The number of carbonyl (C=O) groups excluding carboxylic acids is 1. The van der Waals surface area contributed by atoms with E-state index in [1.165, 1.54) is 0 Å². The zero-order valence-corrected chi connectivity index (χ0v) is 11.7. The van der Waals surface area contributed by atoms with Crippen molar-refractivity contribution in [3.05, 3.63) is 5.82 Å². The molecule has 0 aliphatic carbocycles. The van der Waals surface area contributed by atoms with Crippen LogP contribution in [0.3, 0.4) is 0 Å². The number of nitrogens with two attached hydrogens (primary N) is 1. The molecule has 0 bridgehead atoms. The van der Waals surface area contributed by atoms with Gasteiger partial charge in [0.25, 0.3) is 0 Å². The number of thiocarbonyl (C=S) groups is 1. The summed E-state index contributed by atoms with van der Waals surface area (Å²) in [6.07, 6.45) is 1.14. The highest BCUT2D eigenvalue weighted by Crippen LogP contribution is 2.29. The molecule has 0 fully saturated rings. The topological polar surface area (TPSA) is 80.9 Å². The summed E-state index contributed by atoms with van der Waals surface area (Å²) in [6, 6.07) is 0. The summed E-state index contributed by atoms with van der Waals surface area (Å²) < 4.78 is 4.00. The summed E-state index contributed by atoms with van der Waals surface area (Å²) in [4.78, 5) is 16.5. The highest BCUT2D eigenvalue weighted by Gasteiger charge is 2.38. The largest absolute Gasteiger partial charge is 0.392 e. The summed E-state index contributed by atoms with van der Waals surface area (Å²) >= 11 is 6.16. The molecule has 0 radical (unpaired) electrons. The van der Waals surface area contributed by atoms with Crippen LogP contribution in [0.25, 0.3) is 0 Å². The second-order valence-corrected chi connectivity index (χ2v) is 4.95. The highest BCUT2D eigenvalue weighted by molar-refractivity contribution is 7.80. The van der Waals surface area contributed by atoms with Crippen LogP contribution in [0.1, 0.15) is 32.5 Å². The molecule has 94 valence electrons. The van der Waals surface area contributed by atoms with Crippen molar-refractivity contribution < 1.29 is 4.79 Å². The van der Waals surface area contributed by atoms with Crippen molar-refractivity contribution in [3.8, 4) is 0 Å². The molecular formula is C10H16N4OS2. The van der Waals surface area contributed by atoms with Crippen LogP contribution in [-0.4, -0.2) is 20.3 Å². The number of carbonyl (C=O) groups is 1. The smallest absolute Gasteiger partial charge is 0.239 e. The van der Waals surface area contributed by atoms with Gasteiger partial charge in [-0.15, -0.1) is 0 Å². The number of hydrogen-bond donors (Lipinski definition) is 2. The van der Waals surface area contributed by atoms with Crippen LogP contribution < -0.4 is 11.1 Å². The van der Waals surface area contributed by atoms with Gasteiger partial charge in [-0.1, -0.05) is 26.1 Å². The van der Waals surface area contributed by atoms with Gasteiger partial charge >= 0.3 is 0 Å². The average Bonchev–Trinajstić information content (AvgIpc) is 2.66. The fraction of sp³-hybridized carbons (Fsp3) is 0.600. The van der Waals surface area contributed by atoms with Gasteiger partial charge in [-0.05, 0) is 19.8 Å². The van der Waals surface area contributed by atoms with Crippen molar-refractivity contribution in [1.82, 2.24) is 9.36 Å². The summed E-state index contributed by atoms with van der Waals surface area (Å²) in [5, 5.41) is 3.21. The molecule has 0 aliphatic rings. The summed E-state index contributed by atoms with van der Waals surface area (Å²) in [6.45, 7) is 5.56. The van der Waals surface area contributed by atoms with Gasteiger partial charge in [0.2, 0.25) is 11.0 Å². The molecule has 17 heavy (non-hydrogen) atoms. The van der Waals surface area contributed by atoms with Crippen molar-refractivity contribution >= 4 is 39.8 Å². The van der Waals surface area contributed by atoms with Crippen molar-refractivity contribution in [1.29, 1.82) is 0 Å². The van der Waals surface area contributed by atoms with Gasteiger partial charge in [0.1, 0.15) is 5.82 Å². The summed E-state index contributed by atoms with van der Waals surface area (Å²) in [7, 11) is 0. The van der Waals surface area contributed by atoms with Gasteiger partial charge in [-0.2, -0.15) is 4.37 Å². The summed E-state index contributed by atoms with van der Waals surface area (Å²) in [5.41, 5.74) is 4.89. The molecule has 0 unspecified atom stereocenters. The van der Waals surface area contributed by atoms with Crippen molar-refractivity contribution in [2.45, 2.75) is 33.6 Å². The van der Waals surface area contributed by atoms with E-state index in [0.29, 0.717) is 23.8 Å². The Hall–Kier alpha value is -1.08.